The normalized spacial score (nSPS) is 18.1. The standard InChI is InChI=1S/C33H29NO9/c1-3-14-40-22-8-9-23-20(15-22)16-33(32(37)38,43-27-17-34-13-12-24(27)31(35)36)29(23)25-10-11-26-30(42-18-41-26)28(25)19-4-6-21(39-2)7-5-19/h4-13,15,17,29H,3,14,16,18H2,1-2H3,(H,35,36)(H,37,38). The van der Waals surface area contributed by atoms with Crippen molar-refractivity contribution in [2.24, 2.45) is 0 Å². The third-order valence-corrected chi connectivity index (χ3v) is 7.75. The van der Waals surface area contributed by atoms with Crippen molar-refractivity contribution in [2.75, 3.05) is 20.5 Å². The first kappa shape index (κ1) is 27.9. The Hall–Kier alpha value is -5.25. The number of aromatic carboxylic acids is 1. The number of hydrogen-bond acceptors (Lipinski definition) is 8. The number of rotatable bonds is 10. The Morgan fingerprint density at radius 2 is 1.77 bits per heavy atom. The molecule has 2 heterocycles. The van der Waals surface area contributed by atoms with Crippen molar-refractivity contribution in [3.63, 3.8) is 0 Å². The third kappa shape index (κ3) is 4.84. The summed E-state index contributed by atoms with van der Waals surface area (Å²) in [6.07, 6.45) is 3.30. The van der Waals surface area contributed by atoms with Crippen LogP contribution in [-0.4, -0.2) is 53.2 Å². The molecule has 1 aliphatic heterocycles. The van der Waals surface area contributed by atoms with E-state index in [0.29, 0.717) is 51.9 Å². The van der Waals surface area contributed by atoms with Crippen LogP contribution in [0.1, 0.15) is 46.3 Å². The summed E-state index contributed by atoms with van der Waals surface area (Å²) < 4.78 is 29.2. The number of aliphatic carboxylic acids is 1. The van der Waals surface area contributed by atoms with E-state index < -0.39 is 23.5 Å². The summed E-state index contributed by atoms with van der Waals surface area (Å²) in [5.74, 6) is -1.30. The fourth-order valence-electron chi connectivity index (χ4n) is 5.84. The maximum absolute atomic E-state index is 13.5. The molecule has 43 heavy (non-hydrogen) atoms. The van der Waals surface area contributed by atoms with Gasteiger partial charge in [-0.15, -0.1) is 0 Å². The number of carbonyl (C=O) groups is 2. The predicted molar refractivity (Wildman–Crippen MR) is 155 cm³/mol. The van der Waals surface area contributed by atoms with Crippen molar-refractivity contribution in [3.8, 4) is 39.9 Å². The number of pyridine rings is 1. The molecular weight excluding hydrogens is 554 g/mol. The summed E-state index contributed by atoms with van der Waals surface area (Å²) in [4.78, 5) is 29.6. The lowest BCUT2D eigenvalue weighted by atomic mass is 9.78. The third-order valence-electron chi connectivity index (χ3n) is 7.75. The summed E-state index contributed by atoms with van der Waals surface area (Å²) in [6.45, 7) is 2.52. The molecule has 0 radical (unpaired) electrons. The van der Waals surface area contributed by atoms with Gasteiger partial charge in [0.15, 0.2) is 17.2 Å². The van der Waals surface area contributed by atoms with Crippen LogP contribution < -0.4 is 23.7 Å². The number of benzene rings is 3. The Balaban J connectivity index is 1.60. The number of methoxy groups -OCH3 is 1. The molecule has 2 unspecified atom stereocenters. The molecule has 6 rings (SSSR count). The second-order valence-electron chi connectivity index (χ2n) is 10.3. The maximum atomic E-state index is 13.5. The maximum Gasteiger partial charge on any atom is 0.349 e. The zero-order valence-corrected chi connectivity index (χ0v) is 23.5. The fourth-order valence-corrected chi connectivity index (χ4v) is 5.84. The predicted octanol–water partition coefficient (Wildman–Crippen LogP) is 5.56. The van der Waals surface area contributed by atoms with Gasteiger partial charge in [-0.25, -0.2) is 9.59 Å². The van der Waals surface area contributed by atoms with Gasteiger partial charge in [-0.3, -0.25) is 4.98 Å². The van der Waals surface area contributed by atoms with E-state index in [-0.39, 0.29) is 24.5 Å². The van der Waals surface area contributed by atoms with Crippen molar-refractivity contribution in [3.05, 3.63) is 95.3 Å². The summed E-state index contributed by atoms with van der Waals surface area (Å²) >= 11 is 0. The molecular formula is C33H29NO9. The van der Waals surface area contributed by atoms with Gasteiger partial charge in [-0.1, -0.05) is 31.2 Å². The molecule has 10 nitrogen and oxygen atoms in total. The largest absolute Gasteiger partial charge is 0.497 e. The highest BCUT2D eigenvalue weighted by molar-refractivity contribution is 5.92. The van der Waals surface area contributed by atoms with E-state index in [1.807, 2.05) is 55.5 Å². The summed E-state index contributed by atoms with van der Waals surface area (Å²) in [6, 6.07) is 17.7. The number of hydrogen-bond donors (Lipinski definition) is 2. The molecule has 2 atom stereocenters. The number of ether oxygens (including phenoxy) is 5. The molecule has 1 aromatic heterocycles. The van der Waals surface area contributed by atoms with Crippen LogP contribution in [-0.2, 0) is 11.2 Å². The zero-order chi connectivity index (χ0) is 30.1. The SMILES string of the molecule is CCCOc1ccc2c(c1)CC(Oc1cnccc1C(=O)O)(C(=O)O)C2c1ccc2c(c1-c1ccc(OC)cc1)OCO2. The summed E-state index contributed by atoms with van der Waals surface area (Å²) in [5, 5.41) is 20.9. The average molecular weight is 584 g/mol. The van der Waals surface area contributed by atoms with E-state index in [2.05, 4.69) is 4.98 Å². The van der Waals surface area contributed by atoms with Crippen LogP contribution in [0.2, 0.25) is 0 Å². The molecule has 4 aromatic rings. The van der Waals surface area contributed by atoms with Gasteiger partial charge in [-0.2, -0.15) is 0 Å². The number of carboxylic acid groups (broad SMARTS) is 2. The van der Waals surface area contributed by atoms with Crippen LogP contribution >= 0.6 is 0 Å². The van der Waals surface area contributed by atoms with Crippen LogP contribution in [0.25, 0.3) is 11.1 Å². The molecule has 0 fully saturated rings. The van der Waals surface area contributed by atoms with Crippen LogP contribution in [0.3, 0.4) is 0 Å². The van der Waals surface area contributed by atoms with E-state index in [0.717, 1.165) is 12.0 Å². The molecule has 0 saturated heterocycles. The van der Waals surface area contributed by atoms with Crippen LogP contribution in [0.15, 0.2) is 73.1 Å². The van der Waals surface area contributed by atoms with Crippen LogP contribution in [0.5, 0.6) is 28.7 Å². The molecule has 10 heteroatoms. The van der Waals surface area contributed by atoms with Gasteiger partial charge in [-0.05, 0) is 65.1 Å². The number of nitrogens with zero attached hydrogens (tertiary/aromatic N) is 1. The van der Waals surface area contributed by atoms with Crippen molar-refractivity contribution in [2.45, 2.75) is 31.3 Å². The van der Waals surface area contributed by atoms with Gasteiger partial charge in [0.05, 0.1) is 25.8 Å². The number of fused-ring (bicyclic) bond motifs is 2. The molecule has 2 aliphatic rings. The lowest BCUT2D eigenvalue weighted by Gasteiger charge is -2.34. The van der Waals surface area contributed by atoms with Gasteiger partial charge in [0.25, 0.3) is 0 Å². The lowest BCUT2D eigenvalue weighted by molar-refractivity contribution is -0.155. The van der Waals surface area contributed by atoms with E-state index in [1.165, 1.54) is 18.5 Å². The second kappa shape index (κ2) is 11.2. The molecule has 1 aliphatic carbocycles. The second-order valence-corrected chi connectivity index (χ2v) is 10.3. The molecule has 0 saturated carbocycles. The number of carboxylic acids is 2. The summed E-state index contributed by atoms with van der Waals surface area (Å²) in [5.41, 5.74) is 1.27. The van der Waals surface area contributed by atoms with Crippen LogP contribution in [0.4, 0.5) is 0 Å². The summed E-state index contributed by atoms with van der Waals surface area (Å²) in [7, 11) is 1.58. The van der Waals surface area contributed by atoms with Crippen molar-refractivity contribution in [1.29, 1.82) is 0 Å². The van der Waals surface area contributed by atoms with E-state index in [9.17, 15) is 19.8 Å². The minimum Gasteiger partial charge on any atom is -0.497 e. The first-order valence-corrected chi connectivity index (χ1v) is 13.8. The first-order valence-electron chi connectivity index (χ1n) is 13.8. The molecule has 3 aromatic carbocycles. The molecule has 220 valence electrons. The topological polar surface area (TPSA) is 134 Å². The molecule has 0 amide bonds. The highest BCUT2D eigenvalue weighted by Gasteiger charge is 2.56. The minimum absolute atomic E-state index is 0.0134. The van der Waals surface area contributed by atoms with Crippen molar-refractivity contribution < 1.29 is 43.5 Å². The highest BCUT2D eigenvalue weighted by Crippen LogP contribution is 2.54. The first-order chi connectivity index (χ1) is 20.9. The number of aromatic nitrogens is 1. The van der Waals surface area contributed by atoms with Gasteiger partial charge >= 0.3 is 11.9 Å². The van der Waals surface area contributed by atoms with Gasteiger partial charge < -0.3 is 33.9 Å². The van der Waals surface area contributed by atoms with Crippen LogP contribution in [0, 0.1) is 0 Å². The smallest absolute Gasteiger partial charge is 0.349 e. The Bertz CT molecular complexity index is 1700. The quantitative estimate of drug-likeness (QED) is 0.244. The van der Waals surface area contributed by atoms with Crippen molar-refractivity contribution in [1.82, 2.24) is 4.98 Å². The fraction of sp³-hybridized carbons (Fsp3) is 0.242. The lowest BCUT2D eigenvalue weighted by Crippen LogP contribution is -2.49. The van der Waals surface area contributed by atoms with E-state index in [1.54, 1.807) is 13.2 Å². The minimum atomic E-state index is -1.95. The average Bonchev–Trinajstić information content (AvgIpc) is 3.62. The molecule has 0 spiro atoms. The van der Waals surface area contributed by atoms with E-state index in [4.69, 9.17) is 23.7 Å². The zero-order valence-electron chi connectivity index (χ0n) is 23.5. The van der Waals surface area contributed by atoms with E-state index >= 15 is 0 Å². The Kier molecular flexibility index (Phi) is 7.27. The molecule has 0 bridgehead atoms. The van der Waals surface area contributed by atoms with Crippen molar-refractivity contribution >= 4 is 11.9 Å². The van der Waals surface area contributed by atoms with Gasteiger partial charge in [0.2, 0.25) is 12.4 Å². The Labute approximate surface area is 247 Å². The molecule has 2 N–H and O–H groups in total. The van der Waals surface area contributed by atoms with Gasteiger partial charge in [0.1, 0.15) is 17.1 Å². The Morgan fingerprint density at radius 1 is 1.00 bits per heavy atom. The Morgan fingerprint density at radius 3 is 2.49 bits per heavy atom. The monoisotopic (exact) mass is 583 g/mol. The highest BCUT2D eigenvalue weighted by atomic mass is 16.7. The van der Waals surface area contributed by atoms with Gasteiger partial charge in [0, 0.05) is 18.2 Å².